The SMILES string of the molecule is CCOC(=O)CC(O)C(O)c1cc(F)c(C(=O)O)c(F)c1. The highest BCUT2D eigenvalue weighted by molar-refractivity contribution is 5.88. The van der Waals surface area contributed by atoms with Crippen LogP contribution in [0.3, 0.4) is 0 Å². The fraction of sp³-hybridized carbons (Fsp3) is 0.385. The Hall–Kier alpha value is -2.06. The molecule has 6 nitrogen and oxygen atoms in total. The molecule has 0 saturated heterocycles. The zero-order valence-electron chi connectivity index (χ0n) is 11.0. The van der Waals surface area contributed by atoms with E-state index in [0.717, 1.165) is 0 Å². The van der Waals surface area contributed by atoms with Crippen LogP contribution in [-0.4, -0.2) is 40.0 Å². The van der Waals surface area contributed by atoms with E-state index in [1.165, 1.54) is 0 Å². The molecule has 8 heteroatoms. The number of carbonyl (C=O) groups is 2. The Bertz CT molecular complexity index is 522. The molecule has 116 valence electrons. The molecule has 1 aromatic carbocycles. The van der Waals surface area contributed by atoms with Gasteiger partial charge in [-0.05, 0) is 24.6 Å². The molecule has 0 aromatic heterocycles. The highest BCUT2D eigenvalue weighted by Gasteiger charge is 2.26. The minimum absolute atomic E-state index is 0.0816. The van der Waals surface area contributed by atoms with Crippen LogP contribution in [0, 0.1) is 11.6 Å². The van der Waals surface area contributed by atoms with Crippen LogP contribution in [0.1, 0.15) is 35.4 Å². The quantitative estimate of drug-likeness (QED) is 0.678. The van der Waals surface area contributed by atoms with Gasteiger partial charge >= 0.3 is 11.9 Å². The number of aliphatic hydroxyl groups is 2. The van der Waals surface area contributed by atoms with E-state index in [4.69, 9.17) is 5.11 Å². The molecular formula is C13H14F2O6. The van der Waals surface area contributed by atoms with E-state index < -0.39 is 47.8 Å². The average molecular weight is 304 g/mol. The highest BCUT2D eigenvalue weighted by atomic mass is 19.1. The van der Waals surface area contributed by atoms with Crippen molar-refractivity contribution in [1.29, 1.82) is 0 Å². The first-order valence-corrected chi connectivity index (χ1v) is 6.01. The second kappa shape index (κ2) is 7.09. The molecule has 0 aliphatic heterocycles. The van der Waals surface area contributed by atoms with E-state index in [1.54, 1.807) is 6.92 Å². The lowest BCUT2D eigenvalue weighted by molar-refractivity contribution is -0.147. The second-order valence-corrected chi connectivity index (χ2v) is 4.19. The molecule has 1 rings (SSSR count). The Kier molecular flexibility index (Phi) is 5.74. The maximum absolute atomic E-state index is 13.5. The van der Waals surface area contributed by atoms with Gasteiger partial charge in [0.25, 0.3) is 0 Å². The van der Waals surface area contributed by atoms with Crippen molar-refractivity contribution in [3.05, 3.63) is 34.9 Å². The molecule has 3 N–H and O–H groups in total. The monoisotopic (exact) mass is 304 g/mol. The molecule has 0 aliphatic carbocycles. The average Bonchev–Trinajstić information content (AvgIpc) is 2.36. The zero-order valence-corrected chi connectivity index (χ0v) is 11.0. The Morgan fingerprint density at radius 3 is 2.19 bits per heavy atom. The van der Waals surface area contributed by atoms with Gasteiger partial charge in [-0.15, -0.1) is 0 Å². The number of hydrogen-bond donors (Lipinski definition) is 3. The van der Waals surface area contributed by atoms with E-state index in [-0.39, 0.29) is 12.2 Å². The summed E-state index contributed by atoms with van der Waals surface area (Å²) in [5.41, 5.74) is -1.54. The number of benzene rings is 1. The van der Waals surface area contributed by atoms with Crippen LogP contribution in [0.2, 0.25) is 0 Å². The van der Waals surface area contributed by atoms with Crippen LogP contribution in [-0.2, 0) is 9.53 Å². The first-order chi connectivity index (χ1) is 9.77. The third-order valence-electron chi connectivity index (χ3n) is 2.67. The molecule has 2 atom stereocenters. The summed E-state index contributed by atoms with van der Waals surface area (Å²) in [4.78, 5) is 21.8. The molecule has 0 radical (unpaired) electrons. The van der Waals surface area contributed by atoms with Crippen molar-refractivity contribution in [3.8, 4) is 0 Å². The summed E-state index contributed by atoms with van der Waals surface area (Å²) in [7, 11) is 0. The van der Waals surface area contributed by atoms with E-state index in [0.29, 0.717) is 12.1 Å². The Morgan fingerprint density at radius 1 is 1.24 bits per heavy atom. The van der Waals surface area contributed by atoms with Crippen LogP contribution >= 0.6 is 0 Å². The van der Waals surface area contributed by atoms with Gasteiger partial charge < -0.3 is 20.1 Å². The van der Waals surface area contributed by atoms with Crippen LogP contribution in [0.5, 0.6) is 0 Å². The van der Waals surface area contributed by atoms with Crippen LogP contribution in [0.15, 0.2) is 12.1 Å². The van der Waals surface area contributed by atoms with Crippen molar-refractivity contribution in [2.75, 3.05) is 6.61 Å². The van der Waals surface area contributed by atoms with Gasteiger partial charge in [0.15, 0.2) is 0 Å². The Balaban J connectivity index is 2.95. The molecule has 0 fully saturated rings. The van der Waals surface area contributed by atoms with Crippen molar-refractivity contribution >= 4 is 11.9 Å². The fourth-order valence-electron chi connectivity index (χ4n) is 1.69. The van der Waals surface area contributed by atoms with E-state index in [1.807, 2.05) is 0 Å². The lowest BCUT2D eigenvalue weighted by atomic mass is 10.00. The largest absolute Gasteiger partial charge is 0.477 e. The number of carboxylic acids is 1. The number of ether oxygens (including phenoxy) is 1. The second-order valence-electron chi connectivity index (χ2n) is 4.19. The van der Waals surface area contributed by atoms with E-state index in [2.05, 4.69) is 4.74 Å². The summed E-state index contributed by atoms with van der Waals surface area (Å²) >= 11 is 0. The normalized spacial score (nSPS) is 13.6. The standard InChI is InChI=1S/C13H14F2O6/c1-2-21-10(17)5-9(16)12(18)6-3-7(14)11(13(19)20)8(15)4-6/h3-4,9,12,16,18H,2,5H2,1H3,(H,19,20). The lowest BCUT2D eigenvalue weighted by Crippen LogP contribution is -2.23. The first kappa shape index (κ1) is 17.0. The number of halogens is 2. The molecule has 0 aliphatic rings. The number of hydrogen-bond acceptors (Lipinski definition) is 5. The maximum atomic E-state index is 13.5. The Morgan fingerprint density at radius 2 is 1.76 bits per heavy atom. The summed E-state index contributed by atoms with van der Waals surface area (Å²) in [5, 5.41) is 28.0. The molecule has 0 heterocycles. The minimum atomic E-state index is -1.79. The van der Waals surface area contributed by atoms with Crippen molar-refractivity contribution in [1.82, 2.24) is 0 Å². The molecule has 0 spiro atoms. The van der Waals surface area contributed by atoms with E-state index >= 15 is 0 Å². The molecule has 21 heavy (non-hydrogen) atoms. The molecule has 0 bridgehead atoms. The molecule has 1 aromatic rings. The molecule has 2 unspecified atom stereocenters. The fourth-order valence-corrected chi connectivity index (χ4v) is 1.69. The third kappa shape index (κ3) is 4.20. The molecule has 0 amide bonds. The predicted octanol–water partition coefficient (Wildman–Crippen LogP) is 1.01. The summed E-state index contributed by atoms with van der Waals surface area (Å²) in [6.45, 7) is 1.63. The summed E-state index contributed by atoms with van der Waals surface area (Å²) in [6, 6.07) is 1.18. The third-order valence-corrected chi connectivity index (χ3v) is 2.67. The molecular weight excluding hydrogens is 290 g/mol. The Labute approximate surface area is 118 Å². The van der Waals surface area contributed by atoms with Gasteiger partial charge in [0.2, 0.25) is 0 Å². The summed E-state index contributed by atoms with van der Waals surface area (Å²) in [5.74, 6) is -5.36. The highest BCUT2D eigenvalue weighted by Crippen LogP contribution is 2.24. The van der Waals surface area contributed by atoms with Crippen LogP contribution in [0.25, 0.3) is 0 Å². The lowest BCUT2D eigenvalue weighted by Gasteiger charge is -2.18. The number of aliphatic hydroxyl groups excluding tert-OH is 2. The van der Waals surface area contributed by atoms with Crippen molar-refractivity contribution in [2.24, 2.45) is 0 Å². The summed E-state index contributed by atoms with van der Waals surface area (Å²) < 4.78 is 31.5. The smallest absolute Gasteiger partial charge is 0.341 e. The minimum Gasteiger partial charge on any atom is -0.477 e. The van der Waals surface area contributed by atoms with Crippen LogP contribution in [0.4, 0.5) is 8.78 Å². The van der Waals surface area contributed by atoms with Gasteiger partial charge in [-0.1, -0.05) is 0 Å². The number of rotatable bonds is 6. The van der Waals surface area contributed by atoms with Crippen molar-refractivity contribution < 1.29 is 38.4 Å². The number of carboxylic acid groups (broad SMARTS) is 1. The predicted molar refractivity (Wildman–Crippen MR) is 65.5 cm³/mol. The van der Waals surface area contributed by atoms with E-state index in [9.17, 15) is 28.6 Å². The number of esters is 1. The number of aromatic carboxylic acids is 1. The molecule has 0 saturated carbocycles. The number of carbonyl (C=O) groups excluding carboxylic acids is 1. The van der Waals surface area contributed by atoms with Gasteiger partial charge in [-0.25, -0.2) is 13.6 Å². The first-order valence-electron chi connectivity index (χ1n) is 6.01. The van der Waals surface area contributed by atoms with Gasteiger partial charge in [0, 0.05) is 0 Å². The van der Waals surface area contributed by atoms with Crippen molar-refractivity contribution in [3.63, 3.8) is 0 Å². The van der Waals surface area contributed by atoms with Gasteiger partial charge in [-0.3, -0.25) is 4.79 Å². The van der Waals surface area contributed by atoms with Gasteiger partial charge in [0.1, 0.15) is 23.3 Å². The zero-order chi connectivity index (χ0) is 16.2. The van der Waals surface area contributed by atoms with Gasteiger partial charge in [-0.2, -0.15) is 0 Å². The van der Waals surface area contributed by atoms with Crippen LogP contribution < -0.4 is 0 Å². The summed E-state index contributed by atoms with van der Waals surface area (Å²) in [6.07, 6.45) is -3.97. The van der Waals surface area contributed by atoms with Crippen molar-refractivity contribution in [2.45, 2.75) is 25.6 Å². The topological polar surface area (TPSA) is 104 Å². The van der Waals surface area contributed by atoms with Gasteiger partial charge in [0.05, 0.1) is 19.1 Å². The maximum Gasteiger partial charge on any atom is 0.341 e.